The number of carbonyl (C=O) groups is 1. The number of nitrogens with zero attached hydrogens (tertiary/aromatic N) is 4. The highest BCUT2D eigenvalue weighted by Gasteiger charge is 2.30. The first-order valence-electron chi connectivity index (χ1n) is 7.91. The van der Waals surface area contributed by atoms with E-state index in [0.29, 0.717) is 5.69 Å². The lowest BCUT2D eigenvalue weighted by molar-refractivity contribution is 0.0470. The zero-order valence-corrected chi connectivity index (χ0v) is 14.6. The molecule has 0 aliphatic carbocycles. The minimum atomic E-state index is 0.0698. The van der Waals surface area contributed by atoms with Gasteiger partial charge in [0.1, 0.15) is 5.69 Å². The van der Waals surface area contributed by atoms with Crippen molar-refractivity contribution in [1.29, 1.82) is 0 Å². The third-order valence-electron chi connectivity index (χ3n) is 4.21. The maximum Gasteiger partial charge on any atom is 0.273 e. The van der Waals surface area contributed by atoms with E-state index in [1.165, 1.54) is 5.56 Å². The zero-order chi connectivity index (χ0) is 16.4. The number of carbonyl (C=O) groups excluding carboxylic acids is 1. The molecule has 3 heterocycles. The van der Waals surface area contributed by atoms with Crippen molar-refractivity contribution < 1.29 is 4.79 Å². The lowest BCUT2D eigenvalue weighted by Gasteiger charge is -2.39. The average molecular weight is 330 g/mol. The van der Waals surface area contributed by atoms with Crippen molar-refractivity contribution >= 4 is 17.2 Å². The fourth-order valence-corrected chi connectivity index (χ4v) is 3.90. The Morgan fingerprint density at radius 1 is 1.39 bits per heavy atom. The number of hydrogen-bond acceptors (Lipinski definition) is 5. The van der Waals surface area contributed by atoms with Gasteiger partial charge >= 0.3 is 0 Å². The Morgan fingerprint density at radius 3 is 2.83 bits per heavy atom. The van der Waals surface area contributed by atoms with Crippen molar-refractivity contribution in [1.82, 2.24) is 19.8 Å². The predicted octanol–water partition coefficient (Wildman–Crippen LogP) is 2.50. The van der Waals surface area contributed by atoms with Gasteiger partial charge in [0, 0.05) is 49.5 Å². The van der Waals surface area contributed by atoms with E-state index in [9.17, 15) is 4.79 Å². The van der Waals surface area contributed by atoms with Crippen LogP contribution in [-0.4, -0.2) is 51.4 Å². The van der Waals surface area contributed by atoms with Crippen LogP contribution in [0.1, 0.15) is 32.9 Å². The van der Waals surface area contributed by atoms with E-state index in [0.717, 1.165) is 36.1 Å². The smallest absolute Gasteiger partial charge is 0.273 e. The Bertz CT molecular complexity index is 685. The molecule has 1 aliphatic heterocycles. The van der Waals surface area contributed by atoms with Crippen LogP contribution in [-0.2, 0) is 6.54 Å². The van der Waals surface area contributed by atoms with Crippen LogP contribution in [0.25, 0.3) is 0 Å². The second-order valence-electron chi connectivity index (χ2n) is 6.08. The van der Waals surface area contributed by atoms with E-state index < -0.39 is 0 Å². The van der Waals surface area contributed by atoms with Crippen LogP contribution in [0.15, 0.2) is 24.5 Å². The van der Waals surface area contributed by atoms with E-state index in [4.69, 9.17) is 0 Å². The van der Waals surface area contributed by atoms with Crippen molar-refractivity contribution in [3.63, 3.8) is 0 Å². The van der Waals surface area contributed by atoms with Crippen molar-refractivity contribution in [2.45, 2.75) is 33.4 Å². The molecule has 1 saturated heterocycles. The molecule has 0 spiro atoms. The summed E-state index contributed by atoms with van der Waals surface area (Å²) in [7, 11) is 0. The molecule has 1 aliphatic rings. The van der Waals surface area contributed by atoms with Gasteiger partial charge in [0.25, 0.3) is 5.91 Å². The summed E-state index contributed by atoms with van der Waals surface area (Å²) in [5.74, 6) is 0.0698. The molecule has 2 aromatic heterocycles. The highest BCUT2D eigenvalue weighted by atomic mass is 32.1. The standard InChI is InChI=1S/C17H22N4OS/c1-12-10-20(11-15-5-4-6-18-9-15)7-8-21(12)17(22)16-13(2)23-14(3)19-16/h4-6,9,12H,7-8,10-11H2,1-3H3. The van der Waals surface area contributed by atoms with E-state index in [-0.39, 0.29) is 11.9 Å². The van der Waals surface area contributed by atoms with Crippen LogP contribution < -0.4 is 0 Å². The first-order chi connectivity index (χ1) is 11.0. The molecule has 0 aromatic carbocycles. The van der Waals surface area contributed by atoms with Crippen molar-refractivity contribution in [3.05, 3.63) is 45.7 Å². The first-order valence-corrected chi connectivity index (χ1v) is 8.72. The van der Waals surface area contributed by atoms with Crippen LogP contribution in [0.4, 0.5) is 0 Å². The van der Waals surface area contributed by atoms with Crippen LogP contribution >= 0.6 is 11.3 Å². The maximum absolute atomic E-state index is 12.8. The molecule has 122 valence electrons. The summed E-state index contributed by atoms with van der Waals surface area (Å²) < 4.78 is 0. The van der Waals surface area contributed by atoms with Crippen LogP contribution in [0.2, 0.25) is 0 Å². The van der Waals surface area contributed by atoms with Gasteiger partial charge in [-0.3, -0.25) is 14.7 Å². The van der Waals surface area contributed by atoms with Gasteiger partial charge in [-0.25, -0.2) is 4.98 Å². The predicted molar refractivity (Wildman–Crippen MR) is 91.6 cm³/mol. The Balaban J connectivity index is 1.64. The number of hydrogen-bond donors (Lipinski definition) is 0. The number of piperazine rings is 1. The quantitative estimate of drug-likeness (QED) is 0.868. The normalized spacial score (nSPS) is 19.1. The van der Waals surface area contributed by atoms with Crippen molar-refractivity contribution in [2.75, 3.05) is 19.6 Å². The molecule has 1 fully saturated rings. The Morgan fingerprint density at radius 2 is 2.22 bits per heavy atom. The summed E-state index contributed by atoms with van der Waals surface area (Å²) in [4.78, 5) is 26.7. The van der Waals surface area contributed by atoms with E-state index in [2.05, 4.69) is 27.9 Å². The molecule has 23 heavy (non-hydrogen) atoms. The second kappa shape index (κ2) is 6.76. The van der Waals surface area contributed by atoms with Crippen molar-refractivity contribution in [2.24, 2.45) is 0 Å². The molecule has 1 atom stereocenters. The summed E-state index contributed by atoms with van der Waals surface area (Å²) in [6.07, 6.45) is 3.70. The zero-order valence-electron chi connectivity index (χ0n) is 13.8. The van der Waals surface area contributed by atoms with Gasteiger partial charge in [-0.05, 0) is 32.4 Å². The number of amides is 1. The third-order valence-corrected chi connectivity index (χ3v) is 5.09. The summed E-state index contributed by atoms with van der Waals surface area (Å²) in [5, 5.41) is 0.953. The SMILES string of the molecule is Cc1nc(C(=O)N2CCN(Cc3cccnc3)CC2C)c(C)s1. The molecule has 1 unspecified atom stereocenters. The summed E-state index contributed by atoms with van der Waals surface area (Å²) in [6, 6.07) is 4.25. The van der Waals surface area contributed by atoms with Gasteiger partial charge in [-0.1, -0.05) is 6.07 Å². The van der Waals surface area contributed by atoms with Gasteiger partial charge in [-0.2, -0.15) is 0 Å². The summed E-state index contributed by atoms with van der Waals surface area (Å²) >= 11 is 1.59. The molecule has 1 amide bonds. The molecule has 0 N–H and O–H groups in total. The van der Waals surface area contributed by atoms with Crippen LogP contribution in [0, 0.1) is 13.8 Å². The van der Waals surface area contributed by atoms with E-state index >= 15 is 0 Å². The number of pyridine rings is 1. The molecule has 0 radical (unpaired) electrons. The van der Waals surface area contributed by atoms with Crippen molar-refractivity contribution in [3.8, 4) is 0 Å². The van der Waals surface area contributed by atoms with Crippen LogP contribution in [0.5, 0.6) is 0 Å². The molecule has 5 nitrogen and oxygen atoms in total. The molecule has 6 heteroatoms. The van der Waals surface area contributed by atoms with Gasteiger partial charge in [0.15, 0.2) is 0 Å². The Kier molecular flexibility index (Phi) is 4.73. The van der Waals surface area contributed by atoms with Gasteiger partial charge in [-0.15, -0.1) is 11.3 Å². The molecular formula is C17H22N4OS. The minimum Gasteiger partial charge on any atom is -0.332 e. The molecule has 0 saturated carbocycles. The Labute approximate surface area is 141 Å². The maximum atomic E-state index is 12.8. The van der Waals surface area contributed by atoms with Crippen LogP contribution in [0.3, 0.4) is 0 Å². The summed E-state index contributed by atoms with van der Waals surface area (Å²) in [5.41, 5.74) is 1.84. The third kappa shape index (κ3) is 3.59. The Hall–Kier alpha value is -1.79. The fourth-order valence-electron chi connectivity index (χ4n) is 3.09. The first kappa shape index (κ1) is 16.1. The van der Waals surface area contributed by atoms with Gasteiger partial charge in [0.2, 0.25) is 0 Å². The fraction of sp³-hybridized carbons (Fsp3) is 0.471. The number of thiazole rings is 1. The number of aromatic nitrogens is 2. The monoisotopic (exact) mass is 330 g/mol. The molecule has 0 bridgehead atoms. The minimum absolute atomic E-state index is 0.0698. The number of rotatable bonds is 3. The number of aryl methyl sites for hydroxylation is 2. The lowest BCUT2D eigenvalue weighted by Crippen LogP contribution is -2.53. The average Bonchev–Trinajstić information content (AvgIpc) is 2.86. The molecule has 3 rings (SSSR count). The largest absolute Gasteiger partial charge is 0.332 e. The highest BCUT2D eigenvalue weighted by molar-refractivity contribution is 7.11. The topological polar surface area (TPSA) is 49.3 Å². The highest BCUT2D eigenvalue weighted by Crippen LogP contribution is 2.21. The molecular weight excluding hydrogens is 308 g/mol. The van der Waals surface area contributed by atoms with Gasteiger partial charge in [0.05, 0.1) is 5.01 Å². The van der Waals surface area contributed by atoms with E-state index in [1.54, 1.807) is 17.5 Å². The second-order valence-corrected chi connectivity index (χ2v) is 7.49. The van der Waals surface area contributed by atoms with Gasteiger partial charge < -0.3 is 4.90 Å². The lowest BCUT2D eigenvalue weighted by atomic mass is 10.1. The molecule has 2 aromatic rings. The summed E-state index contributed by atoms with van der Waals surface area (Å²) in [6.45, 7) is 9.42. The van der Waals surface area contributed by atoms with E-state index in [1.807, 2.05) is 31.0 Å².